The zero-order valence-corrected chi connectivity index (χ0v) is 10.2. The predicted molar refractivity (Wildman–Crippen MR) is 64.8 cm³/mol. The van der Waals surface area contributed by atoms with E-state index in [0.29, 0.717) is 6.61 Å². The fourth-order valence-electron chi connectivity index (χ4n) is 1.69. The summed E-state index contributed by atoms with van der Waals surface area (Å²) < 4.78 is 11.1. The molecule has 2 atom stereocenters. The Kier molecular flexibility index (Phi) is 4.22. The van der Waals surface area contributed by atoms with E-state index in [1.807, 2.05) is 24.3 Å². The number of ether oxygens (including phenoxy) is 2. The molecule has 0 aromatic heterocycles. The highest BCUT2D eigenvalue weighted by Crippen LogP contribution is 2.41. The maximum Gasteiger partial charge on any atom is 0.113 e. The number of halogens is 1. The normalized spacial score (nSPS) is 23.4. The summed E-state index contributed by atoms with van der Waals surface area (Å²) in [6, 6.07) is 7.82. The Bertz CT molecular complexity index is 340. The van der Waals surface area contributed by atoms with Crippen molar-refractivity contribution in [3.63, 3.8) is 0 Å². The third-order valence-corrected chi connectivity index (χ3v) is 3.06. The first-order chi connectivity index (χ1) is 7.83. The molecule has 0 amide bonds. The van der Waals surface area contributed by atoms with Gasteiger partial charge in [-0.1, -0.05) is 43.1 Å². The van der Waals surface area contributed by atoms with Crippen LogP contribution >= 0.6 is 11.6 Å². The molecule has 1 aliphatic rings. The molecule has 1 aromatic carbocycles. The van der Waals surface area contributed by atoms with Gasteiger partial charge >= 0.3 is 0 Å². The molecule has 3 heteroatoms. The smallest absolute Gasteiger partial charge is 0.113 e. The topological polar surface area (TPSA) is 21.8 Å². The Hall–Kier alpha value is -0.570. The number of hydrogen-bond donors (Lipinski definition) is 0. The lowest BCUT2D eigenvalue weighted by Crippen LogP contribution is -2.03. The second kappa shape index (κ2) is 5.67. The van der Waals surface area contributed by atoms with Gasteiger partial charge in [0.2, 0.25) is 0 Å². The van der Waals surface area contributed by atoms with Crippen LogP contribution in [-0.4, -0.2) is 19.3 Å². The summed E-state index contributed by atoms with van der Waals surface area (Å²) in [5.74, 6) is 0. The standard InChI is InChI=1S/C13H17ClO2/c1-2-3-8-15-9-12-13(16-12)10-6-4-5-7-11(10)14/h4-7,12-13H,2-3,8-9H2,1H3. The van der Waals surface area contributed by atoms with Gasteiger partial charge in [-0.25, -0.2) is 0 Å². The van der Waals surface area contributed by atoms with Crippen LogP contribution in [-0.2, 0) is 9.47 Å². The Balaban J connectivity index is 1.76. The maximum atomic E-state index is 6.09. The predicted octanol–water partition coefficient (Wildman–Crippen LogP) is 3.60. The molecule has 0 saturated carbocycles. The summed E-state index contributed by atoms with van der Waals surface area (Å²) in [5.41, 5.74) is 1.08. The highest BCUT2D eigenvalue weighted by atomic mass is 35.5. The lowest BCUT2D eigenvalue weighted by atomic mass is 10.1. The number of epoxide rings is 1. The van der Waals surface area contributed by atoms with Crippen LogP contribution in [0.15, 0.2) is 24.3 Å². The summed E-state index contributed by atoms with van der Waals surface area (Å²) in [6.07, 6.45) is 2.61. The molecular formula is C13H17ClO2. The Morgan fingerprint density at radius 3 is 2.94 bits per heavy atom. The first-order valence-corrected chi connectivity index (χ1v) is 6.18. The molecule has 2 unspecified atom stereocenters. The number of benzene rings is 1. The minimum atomic E-state index is 0.135. The van der Waals surface area contributed by atoms with Crippen molar-refractivity contribution in [2.75, 3.05) is 13.2 Å². The van der Waals surface area contributed by atoms with Crippen molar-refractivity contribution in [1.29, 1.82) is 0 Å². The summed E-state index contributed by atoms with van der Waals surface area (Å²) in [7, 11) is 0. The van der Waals surface area contributed by atoms with E-state index in [2.05, 4.69) is 6.92 Å². The quantitative estimate of drug-likeness (QED) is 0.560. The van der Waals surface area contributed by atoms with Crippen molar-refractivity contribution < 1.29 is 9.47 Å². The zero-order chi connectivity index (χ0) is 11.4. The highest BCUT2D eigenvalue weighted by Gasteiger charge is 2.41. The molecule has 2 nitrogen and oxygen atoms in total. The SMILES string of the molecule is CCCCOCC1OC1c1ccccc1Cl. The third-order valence-electron chi connectivity index (χ3n) is 2.72. The van der Waals surface area contributed by atoms with Gasteiger partial charge in [-0.3, -0.25) is 0 Å². The third kappa shape index (κ3) is 2.97. The lowest BCUT2D eigenvalue weighted by Gasteiger charge is -2.01. The van der Waals surface area contributed by atoms with E-state index in [0.717, 1.165) is 23.6 Å². The molecule has 0 radical (unpaired) electrons. The van der Waals surface area contributed by atoms with Crippen LogP contribution < -0.4 is 0 Å². The van der Waals surface area contributed by atoms with E-state index < -0.39 is 0 Å². The Labute approximate surface area is 102 Å². The fraction of sp³-hybridized carbons (Fsp3) is 0.538. The van der Waals surface area contributed by atoms with E-state index in [1.165, 1.54) is 6.42 Å². The molecule has 1 aromatic rings. The molecular weight excluding hydrogens is 224 g/mol. The minimum Gasteiger partial charge on any atom is -0.379 e. The fourth-order valence-corrected chi connectivity index (χ4v) is 1.94. The Morgan fingerprint density at radius 1 is 1.38 bits per heavy atom. The van der Waals surface area contributed by atoms with Crippen LogP contribution in [0, 0.1) is 0 Å². The molecule has 0 aliphatic carbocycles. The van der Waals surface area contributed by atoms with Crippen LogP contribution in [0.5, 0.6) is 0 Å². The van der Waals surface area contributed by atoms with Gasteiger partial charge in [0.05, 0.1) is 6.61 Å². The van der Waals surface area contributed by atoms with E-state index >= 15 is 0 Å². The van der Waals surface area contributed by atoms with E-state index in [4.69, 9.17) is 21.1 Å². The van der Waals surface area contributed by atoms with Gasteiger partial charge in [-0.2, -0.15) is 0 Å². The second-order valence-electron chi connectivity index (χ2n) is 4.05. The molecule has 1 fully saturated rings. The van der Waals surface area contributed by atoms with Crippen molar-refractivity contribution in [2.24, 2.45) is 0 Å². The first-order valence-electron chi connectivity index (χ1n) is 5.80. The van der Waals surface area contributed by atoms with Crippen LogP contribution in [0.2, 0.25) is 5.02 Å². The summed E-state index contributed by atoms with van der Waals surface area (Å²) in [4.78, 5) is 0. The van der Waals surface area contributed by atoms with Gasteiger partial charge < -0.3 is 9.47 Å². The van der Waals surface area contributed by atoms with Crippen molar-refractivity contribution >= 4 is 11.6 Å². The minimum absolute atomic E-state index is 0.135. The van der Waals surface area contributed by atoms with Gasteiger partial charge in [0.25, 0.3) is 0 Å². The number of rotatable bonds is 6. The zero-order valence-electron chi connectivity index (χ0n) is 9.49. The van der Waals surface area contributed by atoms with Gasteiger partial charge in [0.1, 0.15) is 12.2 Å². The monoisotopic (exact) mass is 240 g/mol. The maximum absolute atomic E-state index is 6.09. The van der Waals surface area contributed by atoms with Gasteiger partial charge in [-0.15, -0.1) is 0 Å². The number of unbranched alkanes of at least 4 members (excludes halogenated alkanes) is 1. The molecule has 2 rings (SSSR count). The van der Waals surface area contributed by atoms with Gasteiger partial charge in [-0.05, 0) is 12.5 Å². The average molecular weight is 241 g/mol. The summed E-state index contributed by atoms with van der Waals surface area (Å²) in [6.45, 7) is 3.66. The largest absolute Gasteiger partial charge is 0.379 e. The molecule has 0 N–H and O–H groups in total. The van der Waals surface area contributed by atoms with Crippen molar-refractivity contribution in [3.05, 3.63) is 34.9 Å². The molecule has 16 heavy (non-hydrogen) atoms. The van der Waals surface area contributed by atoms with E-state index in [9.17, 15) is 0 Å². The van der Waals surface area contributed by atoms with Crippen LogP contribution in [0.25, 0.3) is 0 Å². The molecule has 1 heterocycles. The van der Waals surface area contributed by atoms with Gasteiger partial charge in [0, 0.05) is 17.2 Å². The Morgan fingerprint density at radius 2 is 2.19 bits per heavy atom. The summed E-state index contributed by atoms with van der Waals surface area (Å²) in [5, 5.41) is 0.781. The number of hydrogen-bond acceptors (Lipinski definition) is 2. The van der Waals surface area contributed by atoms with Crippen molar-refractivity contribution in [3.8, 4) is 0 Å². The van der Waals surface area contributed by atoms with E-state index in [-0.39, 0.29) is 12.2 Å². The second-order valence-corrected chi connectivity index (χ2v) is 4.45. The molecule has 0 bridgehead atoms. The highest BCUT2D eigenvalue weighted by molar-refractivity contribution is 6.31. The van der Waals surface area contributed by atoms with Crippen molar-refractivity contribution in [2.45, 2.75) is 32.0 Å². The van der Waals surface area contributed by atoms with Crippen molar-refractivity contribution in [1.82, 2.24) is 0 Å². The molecule has 1 aliphatic heterocycles. The van der Waals surface area contributed by atoms with Crippen LogP contribution in [0.4, 0.5) is 0 Å². The molecule has 1 saturated heterocycles. The summed E-state index contributed by atoms with van der Waals surface area (Å²) >= 11 is 6.09. The van der Waals surface area contributed by atoms with Crippen LogP contribution in [0.3, 0.4) is 0 Å². The average Bonchev–Trinajstić information content (AvgIpc) is 3.05. The van der Waals surface area contributed by atoms with Gasteiger partial charge in [0.15, 0.2) is 0 Å². The lowest BCUT2D eigenvalue weighted by molar-refractivity contribution is 0.114. The molecule has 0 spiro atoms. The van der Waals surface area contributed by atoms with Crippen LogP contribution in [0.1, 0.15) is 31.4 Å². The van der Waals surface area contributed by atoms with E-state index in [1.54, 1.807) is 0 Å². The molecule has 88 valence electrons. The first kappa shape index (κ1) is 11.9.